The van der Waals surface area contributed by atoms with E-state index >= 15 is 0 Å². The molecule has 10 atom stereocenters. The van der Waals surface area contributed by atoms with Crippen molar-refractivity contribution in [1.82, 2.24) is 5.32 Å². The van der Waals surface area contributed by atoms with E-state index in [0.29, 0.717) is 64.8 Å². The molecule has 0 amide bonds. The molecule has 52 heavy (non-hydrogen) atoms. The summed E-state index contributed by atoms with van der Waals surface area (Å²) >= 11 is 7.34. The van der Waals surface area contributed by atoms with Crippen LogP contribution in [0.1, 0.15) is 92.4 Å². The van der Waals surface area contributed by atoms with E-state index in [1.54, 1.807) is 18.7 Å². The van der Waals surface area contributed by atoms with Gasteiger partial charge < -0.3 is 64.0 Å². The van der Waals surface area contributed by atoms with Gasteiger partial charge in [-0.15, -0.1) is 0 Å². The zero-order valence-corrected chi connectivity index (χ0v) is 34.0. The van der Waals surface area contributed by atoms with E-state index < -0.39 is 61.2 Å². The monoisotopic (exact) mass is 785 g/mol. The fraction of sp³-hybridized carbons (Fsp3) is 0.973. The van der Waals surface area contributed by atoms with Crippen LogP contribution in [0.25, 0.3) is 0 Å². The lowest BCUT2D eigenvalue weighted by molar-refractivity contribution is -0.351. The van der Waals surface area contributed by atoms with Crippen molar-refractivity contribution < 1.29 is 58.7 Å². The van der Waals surface area contributed by atoms with Crippen LogP contribution in [0.3, 0.4) is 0 Å². The second-order valence-corrected chi connectivity index (χ2v) is 15.7. The summed E-state index contributed by atoms with van der Waals surface area (Å²) in [7, 11) is 0. The fourth-order valence-electron chi connectivity index (χ4n) is 6.24. The van der Waals surface area contributed by atoms with E-state index in [2.05, 4.69) is 26.1 Å². The Labute approximate surface area is 322 Å². The van der Waals surface area contributed by atoms with Crippen molar-refractivity contribution in [2.45, 2.75) is 148 Å². The normalized spacial score (nSPS) is 29.7. The highest BCUT2D eigenvalue weighted by atomic mass is 32.2. The van der Waals surface area contributed by atoms with E-state index in [1.807, 2.05) is 6.92 Å². The average Bonchev–Trinajstić information content (AvgIpc) is 3.14. The van der Waals surface area contributed by atoms with Crippen LogP contribution in [0.5, 0.6) is 0 Å². The van der Waals surface area contributed by atoms with Crippen LogP contribution >= 0.6 is 24.0 Å². The molecule has 2 heterocycles. The molecule has 0 radical (unpaired) electrons. The van der Waals surface area contributed by atoms with Gasteiger partial charge >= 0.3 is 0 Å². The van der Waals surface area contributed by atoms with Gasteiger partial charge in [0.15, 0.2) is 12.6 Å². The Balaban J connectivity index is 1.99. The molecule has 0 saturated carbocycles. The van der Waals surface area contributed by atoms with Gasteiger partial charge in [-0.1, -0.05) is 59.2 Å². The Morgan fingerprint density at radius 2 is 1.31 bits per heavy atom. The van der Waals surface area contributed by atoms with Gasteiger partial charge in [0.25, 0.3) is 0 Å². The van der Waals surface area contributed by atoms with E-state index in [1.165, 1.54) is 0 Å². The number of nitrogens with one attached hydrogen (secondary N) is 1. The molecule has 0 aromatic rings. The molecular weight excluding hydrogens is 715 g/mol. The number of ether oxygens (including phenoxy) is 7. The summed E-state index contributed by atoms with van der Waals surface area (Å²) in [5.74, 6) is 0.623. The minimum absolute atomic E-state index is 0.263. The predicted octanol–water partition coefficient (Wildman–Crippen LogP) is 3.19. The summed E-state index contributed by atoms with van der Waals surface area (Å²) in [6, 6.07) is 0. The number of hydrogen-bond donors (Lipinski definition) is 6. The zero-order valence-electron chi connectivity index (χ0n) is 32.3. The first-order chi connectivity index (χ1) is 25.1. The van der Waals surface area contributed by atoms with Crippen molar-refractivity contribution >= 4 is 29.0 Å². The predicted molar refractivity (Wildman–Crippen MR) is 205 cm³/mol. The van der Waals surface area contributed by atoms with E-state index in [9.17, 15) is 25.5 Å². The zero-order chi connectivity index (χ0) is 38.4. The van der Waals surface area contributed by atoms with E-state index in [-0.39, 0.29) is 18.6 Å². The molecule has 2 rings (SSSR count). The Bertz CT molecular complexity index is 893. The first-order valence-corrected chi connectivity index (χ1v) is 21.2. The summed E-state index contributed by atoms with van der Waals surface area (Å²) in [5, 5.41) is 56.7. The van der Waals surface area contributed by atoms with Crippen LogP contribution in [-0.2, 0) is 33.2 Å². The molecule has 2 fully saturated rings. The summed E-state index contributed by atoms with van der Waals surface area (Å²) in [6.07, 6.45) is -2.33. The van der Waals surface area contributed by atoms with Crippen LogP contribution in [0.15, 0.2) is 0 Å². The standard InChI is InChI=1S/C37H71NO12S2/c1-6-11-16-44-23-37(24-45-17-12-7-2,25-46-18-13-8-3)22-38-29(51)15-14-19-52-21-28-34(31(41)33(43)35(49-28)47-10-5)50-36-32(42)30(40)26(9-4)27(20-39)48-36/h26-28,30-36,39-43H,6-25H2,1-5H3,(H,38,51)/t26?,27?,28?,30?,31?,32?,33?,34?,35-,36+/m1/s1. The summed E-state index contributed by atoms with van der Waals surface area (Å²) in [5.41, 5.74) is -0.371. The van der Waals surface area contributed by atoms with Crippen molar-refractivity contribution in [2.24, 2.45) is 11.3 Å². The molecule has 0 aliphatic carbocycles. The number of aliphatic hydroxyl groups excluding tert-OH is 5. The van der Waals surface area contributed by atoms with Gasteiger partial charge in [0.2, 0.25) is 0 Å². The topological polar surface area (TPSA) is 178 Å². The van der Waals surface area contributed by atoms with Crippen molar-refractivity contribution in [3.8, 4) is 0 Å². The van der Waals surface area contributed by atoms with Crippen LogP contribution in [0.4, 0.5) is 0 Å². The van der Waals surface area contributed by atoms with Gasteiger partial charge in [-0.2, -0.15) is 11.8 Å². The highest BCUT2D eigenvalue weighted by molar-refractivity contribution is 7.99. The van der Waals surface area contributed by atoms with Crippen molar-refractivity contribution in [3.63, 3.8) is 0 Å². The van der Waals surface area contributed by atoms with Crippen LogP contribution in [-0.4, -0.2) is 157 Å². The van der Waals surface area contributed by atoms with Gasteiger partial charge in [-0.25, -0.2) is 0 Å². The Morgan fingerprint density at radius 1 is 0.750 bits per heavy atom. The summed E-state index contributed by atoms with van der Waals surface area (Å²) in [6.45, 7) is 14.2. The van der Waals surface area contributed by atoms with Crippen LogP contribution < -0.4 is 5.32 Å². The Hall–Kier alpha value is -0.240. The molecule has 2 aliphatic rings. The number of rotatable bonds is 29. The summed E-state index contributed by atoms with van der Waals surface area (Å²) < 4.78 is 41.9. The highest BCUT2D eigenvalue weighted by Gasteiger charge is 2.50. The minimum atomic E-state index is -1.42. The third-order valence-corrected chi connectivity index (χ3v) is 11.0. The van der Waals surface area contributed by atoms with Crippen molar-refractivity contribution in [2.75, 3.05) is 70.9 Å². The molecule has 0 aromatic carbocycles. The minimum Gasteiger partial charge on any atom is -0.394 e. The largest absolute Gasteiger partial charge is 0.394 e. The molecule has 13 nitrogen and oxygen atoms in total. The molecule has 6 N–H and O–H groups in total. The lowest BCUT2D eigenvalue weighted by Crippen LogP contribution is -2.63. The quantitative estimate of drug-likeness (QED) is 0.0481. The third-order valence-electron chi connectivity index (χ3n) is 9.55. The molecule has 0 bridgehead atoms. The molecule has 2 saturated heterocycles. The first-order valence-electron chi connectivity index (χ1n) is 19.6. The maximum atomic E-state index is 11.1. The number of hydrogen-bond acceptors (Lipinski definition) is 14. The van der Waals surface area contributed by atoms with Gasteiger partial charge in [0.05, 0.1) is 55.1 Å². The lowest BCUT2D eigenvalue weighted by Gasteiger charge is -2.47. The van der Waals surface area contributed by atoms with Crippen molar-refractivity contribution in [3.05, 3.63) is 0 Å². The second kappa shape index (κ2) is 27.4. The number of aliphatic hydroxyl groups is 5. The maximum absolute atomic E-state index is 11.1. The first kappa shape index (κ1) is 47.9. The SMILES string of the molecule is CCCCOCC(CNC(=S)CCCSCC1O[C@@H](OCC)C(O)C(O)C1O[C@@H]1OC(CO)C(CC)C(O)C1O)(COCCCC)COCCCC. The average molecular weight is 786 g/mol. The summed E-state index contributed by atoms with van der Waals surface area (Å²) in [4.78, 5) is 0.747. The second-order valence-electron chi connectivity index (χ2n) is 14.0. The van der Waals surface area contributed by atoms with Crippen LogP contribution in [0.2, 0.25) is 0 Å². The molecule has 8 unspecified atom stereocenters. The molecular formula is C37H71NO12S2. The van der Waals surface area contributed by atoms with Gasteiger partial charge in [-0.05, 0) is 51.2 Å². The maximum Gasteiger partial charge on any atom is 0.187 e. The van der Waals surface area contributed by atoms with Crippen molar-refractivity contribution in [1.29, 1.82) is 0 Å². The molecule has 308 valence electrons. The Kier molecular flexibility index (Phi) is 25.2. The van der Waals surface area contributed by atoms with Gasteiger partial charge in [0.1, 0.15) is 24.4 Å². The highest BCUT2D eigenvalue weighted by Crippen LogP contribution is 2.33. The molecule has 15 heteroatoms. The number of thioether (sulfide) groups is 1. The van der Waals surface area contributed by atoms with Gasteiger partial charge in [-0.3, -0.25) is 0 Å². The lowest BCUT2D eigenvalue weighted by atomic mass is 9.87. The number of thiocarbonyl (C=S) groups is 1. The van der Waals surface area contributed by atoms with E-state index in [4.69, 9.17) is 45.4 Å². The molecule has 0 aromatic heterocycles. The number of unbranched alkanes of at least 4 members (excludes halogenated alkanes) is 3. The third kappa shape index (κ3) is 16.1. The Morgan fingerprint density at radius 3 is 1.83 bits per heavy atom. The smallest absolute Gasteiger partial charge is 0.187 e. The molecule has 0 spiro atoms. The van der Waals surface area contributed by atoms with E-state index in [0.717, 1.165) is 55.7 Å². The fourth-order valence-corrected chi connectivity index (χ4v) is 7.47. The molecule has 2 aliphatic heterocycles. The van der Waals surface area contributed by atoms with Gasteiger partial charge in [0, 0.05) is 44.6 Å². The van der Waals surface area contributed by atoms with Crippen LogP contribution in [0, 0.1) is 11.3 Å².